The summed E-state index contributed by atoms with van der Waals surface area (Å²) in [5.74, 6) is 0.111. The minimum absolute atomic E-state index is 0.111. The predicted octanol–water partition coefficient (Wildman–Crippen LogP) is 2.35. The van der Waals surface area contributed by atoms with Gasteiger partial charge in [-0.3, -0.25) is 14.4 Å². The summed E-state index contributed by atoms with van der Waals surface area (Å²) in [6.07, 6.45) is 4.02. The number of hydrogen-bond acceptors (Lipinski definition) is 4. The number of methoxy groups -OCH3 is 1. The molecule has 0 radical (unpaired) electrons. The lowest BCUT2D eigenvalue weighted by molar-refractivity contribution is 0.0687. The van der Waals surface area contributed by atoms with Gasteiger partial charge in [-0.1, -0.05) is 0 Å². The van der Waals surface area contributed by atoms with Gasteiger partial charge < -0.3 is 4.74 Å². The Morgan fingerprint density at radius 2 is 2.10 bits per heavy atom. The van der Waals surface area contributed by atoms with Crippen molar-refractivity contribution >= 4 is 21.7 Å². The summed E-state index contributed by atoms with van der Waals surface area (Å²) in [5.41, 5.74) is 0.142. The molecule has 0 atom stereocenters. The van der Waals surface area contributed by atoms with E-state index in [-0.39, 0.29) is 5.78 Å². The molecule has 1 aliphatic heterocycles. The molecule has 20 heavy (non-hydrogen) atoms. The van der Waals surface area contributed by atoms with E-state index >= 15 is 0 Å². The molecule has 0 N–H and O–H groups in total. The lowest BCUT2D eigenvalue weighted by Gasteiger charge is -2.34. The average Bonchev–Trinajstić information content (AvgIpc) is 3.05. The van der Waals surface area contributed by atoms with E-state index < -0.39 is 5.54 Å². The molecule has 2 heterocycles. The normalized spacial score (nSPS) is 16.8. The Morgan fingerprint density at radius 1 is 1.45 bits per heavy atom. The van der Waals surface area contributed by atoms with Gasteiger partial charge in [-0.2, -0.15) is 5.10 Å². The Balaban J connectivity index is 2.25. The fraction of sp³-hybridized carbons (Fsp3) is 0.714. The molecule has 2 rings (SSSR count). The van der Waals surface area contributed by atoms with E-state index in [1.807, 2.05) is 13.8 Å². The van der Waals surface area contributed by atoms with Crippen LogP contribution in [0.5, 0.6) is 0 Å². The summed E-state index contributed by atoms with van der Waals surface area (Å²) in [6.45, 7) is 7.10. The van der Waals surface area contributed by atoms with E-state index in [2.05, 4.69) is 25.9 Å². The van der Waals surface area contributed by atoms with Crippen molar-refractivity contribution in [3.05, 3.63) is 16.4 Å². The van der Waals surface area contributed by atoms with E-state index in [1.54, 1.807) is 18.0 Å². The number of aromatic nitrogens is 2. The van der Waals surface area contributed by atoms with Crippen molar-refractivity contribution in [3.8, 4) is 0 Å². The number of halogens is 1. The maximum absolute atomic E-state index is 12.9. The zero-order valence-corrected chi connectivity index (χ0v) is 13.9. The maximum Gasteiger partial charge on any atom is 0.201 e. The van der Waals surface area contributed by atoms with Crippen molar-refractivity contribution in [1.29, 1.82) is 0 Å². The van der Waals surface area contributed by atoms with Crippen LogP contribution in [0.25, 0.3) is 0 Å². The second kappa shape index (κ2) is 6.37. The third kappa shape index (κ3) is 2.97. The molecule has 5 nitrogen and oxygen atoms in total. The number of ether oxygens (including phenoxy) is 1. The van der Waals surface area contributed by atoms with E-state index in [4.69, 9.17) is 4.74 Å². The van der Waals surface area contributed by atoms with Gasteiger partial charge >= 0.3 is 0 Å². The third-order valence-corrected chi connectivity index (χ3v) is 4.55. The van der Waals surface area contributed by atoms with Gasteiger partial charge in [0.25, 0.3) is 0 Å². The lowest BCUT2D eigenvalue weighted by Crippen LogP contribution is -2.49. The Labute approximate surface area is 128 Å². The Hall–Kier alpha value is -0.720. The fourth-order valence-electron chi connectivity index (χ4n) is 2.65. The van der Waals surface area contributed by atoms with Crippen molar-refractivity contribution in [2.75, 3.05) is 26.8 Å². The number of rotatable bonds is 6. The van der Waals surface area contributed by atoms with Crippen molar-refractivity contribution < 1.29 is 9.53 Å². The molecule has 0 saturated carbocycles. The van der Waals surface area contributed by atoms with Crippen LogP contribution in [0.4, 0.5) is 0 Å². The second-order valence-electron chi connectivity index (χ2n) is 5.64. The summed E-state index contributed by atoms with van der Waals surface area (Å²) in [4.78, 5) is 15.2. The van der Waals surface area contributed by atoms with Gasteiger partial charge in [0.1, 0.15) is 5.69 Å². The summed E-state index contributed by atoms with van der Waals surface area (Å²) in [5, 5.41) is 4.26. The molecule has 0 spiro atoms. The summed E-state index contributed by atoms with van der Waals surface area (Å²) >= 11 is 3.45. The Morgan fingerprint density at radius 3 is 2.70 bits per heavy atom. The molecule has 1 saturated heterocycles. The molecule has 6 heteroatoms. The van der Waals surface area contributed by atoms with Crippen LogP contribution in [-0.4, -0.2) is 52.8 Å². The van der Waals surface area contributed by atoms with Crippen molar-refractivity contribution in [2.24, 2.45) is 0 Å². The largest absolute Gasteiger partial charge is 0.383 e. The molecular weight excluding hydrogens is 322 g/mol. The average molecular weight is 344 g/mol. The van der Waals surface area contributed by atoms with Crippen LogP contribution in [0.2, 0.25) is 0 Å². The quantitative estimate of drug-likeness (QED) is 0.744. The number of Topliss-reactive ketones (excluding diaryl/α,β-unsaturated/α-hetero) is 1. The van der Waals surface area contributed by atoms with Gasteiger partial charge in [0.2, 0.25) is 5.78 Å². The molecule has 0 amide bonds. The molecular formula is C14H22BrN3O2. The van der Waals surface area contributed by atoms with Crippen LogP contribution >= 0.6 is 15.9 Å². The van der Waals surface area contributed by atoms with Crippen LogP contribution in [0, 0.1) is 0 Å². The number of hydrogen-bond donors (Lipinski definition) is 0. The molecule has 1 fully saturated rings. The van der Waals surface area contributed by atoms with Crippen LogP contribution < -0.4 is 0 Å². The van der Waals surface area contributed by atoms with Crippen molar-refractivity contribution in [2.45, 2.75) is 38.8 Å². The summed E-state index contributed by atoms with van der Waals surface area (Å²) < 4.78 is 7.56. The highest BCUT2D eigenvalue weighted by molar-refractivity contribution is 9.10. The molecule has 1 aromatic heterocycles. The maximum atomic E-state index is 12.9. The smallest absolute Gasteiger partial charge is 0.201 e. The first-order valence-corrected chi connectivity index (χ1v) is 7.78. The van der Waals surface area contributed by atoms with Crippen molar-refractivity contribution in [1.82, 2.24) is 14.7 Å². The van der Waals surface area contributed by atoms with E-state index in [0.717, 1.165) is 17.6 Å². The van der Waals surface area contributed by atoms with Gasteiger partial charge in [-0.25, -0.2) is 0 Å². The molecule has 0 aliphatic carbocycles. The first-order valence-electron chi connectivity index (χ1n) is 6.98. The highest BCUT2D eigenvalue weighted by atomic mass is 79.9. The topological polar surface area (TPSA) is 47.4 Å². The second-order valence-corrected chi connectivity index (χ2v) is 6.49. The van der Waals surface area contributed by atoms with Gasteiger partial charge in [-0.05, 0) is 55.7 Å². The zero-order valence-electron chi connectivity index (χ0n) is 12.4. The number of ketones is 1. The van der Waals surface area contributed by atoms with Crippen LogP contribution in [0.15, 0.2) is 10.7 Å². The Kier molecular flexibility index (Phi) is 4.99. The first kappa shape index (κ1) is 15.7. The number of nitrogens with zero attached hydrogens (tertiary/aromatic N) is 3. The molecule has 0 aromatic carbocycles. The van der Waals surface area contributed by atoms with Crippen LogP contribution in [-0.2, 0) is 11.3 Å². The Bertz CT molecular complexity index is 479. The molecule has 1 aromatic rings. The standard InChI is InChI=1S/C14H22BrN3O2/c1-14(2,17-6-4-5-7-17)13(19)12-11(15)10-16-18(12)8-9-20-3/h10H,4-9H2,1-3H3. The number of likely N-dealkylation sites (tertiary alicyclic amines) is 1. The van der Waals surface area contributed by atoms with Gasteiger partial charge in [0.05, 0.1) is 29.4 Å². The predicted molar refractivity (Wildman–Crippen MR) is 81.0 cm³/mol. The highest BCUT2D eigenvalue weighted by Crippen LogP contribution is 2.28. The summed E-state index contributed by atoms with van der Waals surface area (Å²) in [6, 6.07) is 0. The van der Waals surface area contributed by atoms with Gasteiger partial charge in [0, 0.05) is 7.11 Å². The lowest BCUT2D eigenvalue weighted by atomic mass is 9.94. The van der Waals surface area contributed by atoms with Gasteiger partial charge in [0.15, 0.2) is 0 Å². The van der Waals surface area contributed by atoms with E-state index in [0.29, 0.717) is 18.8 Å². The number of carbonyl (C=O) groups excluding carboxylic acids is 1. The molecule has 1 aliphatic rings. The number of carbonyl (C=O) groups is 1. The van der Waals surface area contributed by atoms with Gasteiger partial charge in [-0.15, -0.1) is 0 Å². The zero-order chi connectivity index (χ0) is 14.8. The summed E-state index contributed by atoms with van der Waals surface area (Å²) in [7, 11) is 1.65. The monoisotopic (exact) mass is 343 g/mol. The van der Waals surface area contributed by atoms with E-state index in [1.165, 1.54) is 12.8 Å². The molecule has 0 unspecified atom stereocenters. The molecule has 112 valence electrons. The highest BCUT2D eigenvalue weighted by Gasteiger charge is 2.38. The minimum Gasteiger partial charge on any atom is -0.383 e. The van der Waals surface area contributed by atoms with Crippen molar-refractivity contribution in [3.63, 3.8) is 0 Å². The minimum atomic E-state index is -0.496. The third-order valence-electron chi connectivity index (χ3n) is 3.97. The molecule has 0 bridgehead atoms. The van der Waals surface area contributed by atoms with Crippen LogP contribution in [0.1, 0.15) is 37.2 Å². The van der Waals surface area contributed by atoms with E-state index in [9.17, 15) is 4.79 Å². The first-order chi connectivity index (χ1) is 9.48. The van der Waals surface area contributed by atoms with Crippen LogP contribution in [0.3, 0.4) is 0 Å². The fourth-order valence-corrected chi connectivity index (χ4v) is 3.12. The SMILES string of the molecule is COCCn1ncc(Br)c1C(=O)C(C)(C)N1CCCC1.